The van der Waals surface area contributed by atoms with Gasteiger partial charge in [0.05, 0.1) is 6.61 Å². The Morgan fingerprint density at radius 1 is 0.653 bits per heavy atom. The number of nitrogens with zero attached hydrogens (tertiary/aromatic N) is 2. The first-order valence-electron chi connectivity index (χ1n) is 14.4. The van der Waals surface area contributed by atoms with Crippen LogP contribution in [0, 0.1) is 0 Å². The first kappa shape index (κ1) is 42.2. The lowest BCUT2D eigenvalue weighted by Gasteiger charge is -2.33. The van der Waals surface area contributed by atoms with Gasteiger partial charge in [0.1, 0.15) is 25.1 Å². The van der Waals surface area contributed by atoms with E-state index >= 15 is 0 Å². The summed E-state index contributed by atoms with van der Waals surface area (Å²) in [6.45, 7) is -1.95. The number of alkyl halides is 13. The Kier molecular flexibility index (Phi) is 14.9. The van der Waals surface area contributed by atoms with Crippen molar-refractivity contribution in [2.24, 2.45) is 0 Å². The van der Waals surface area contributed by atoms with E-state index in [-0.39, 0.29) is 5.75 Å². The molecular weight excluding hydrogens is 707 g/mol. The Labute approximate surface area is 270 Å². The van der Waals surface area contributed by atoms with Gasteiger partial charge in [0.15, 0.2) is 5.82 Å². The molecule has 1 heterocycles. The van der Waals surface area contributed by atoms with Gasteiger partial charge >= 0.3 is 36.9 Å². The average Bonchev–Trinajstić information content (AvgIpc) is 2.96. The highest BCUT2D eigenvalue weighted by molar-refractivity contribution is 5.55. The van der Waals surface area contributed by atoms with E-state index in [2.05, 4.69) is 26.4 Å². The van der Waals surface area contributed by atoms with Crippen LogP contribution in [0.2, 0.25) is 0 Å². The number of unbranched alkanes of at least 4 members (excludes halogenated alkanes) is 5. The van der Waals surface area contributed by atoms with Crippen LogP contribution in [0.1, 0.15) is 51.0 Å². The topological polar surface area (TPSA) is 92.2 Å². The number of aromatic nitrogens is 2. The fourth-order valence-corrected chi connectivity index (χ4v) is 3.76. The summed E-state index contributed by atoms with van der Waals surface area (Å²) in [6, 6.07) is 6.02. The highest BCUT2D eigenvalue weighted by atomic mass is 19.4. The number of hydrogen-bond donors (Lipinski definition) is 1. The first-order chi connectivity index (χ1) is 22.5. The van der Waals surface area contributed by atoms with Crippen molar-refractivity contribution in [1.82, 2.24) is 9.97 Å². The van der Waals surface area contributed by atoms with E-state index in [9.17, 15) is 62.2 Å². The molecule has 0 saturated carbocycles. The van der Waals surface area contributed by atoms with Gasteiger partial charge < -0.3 is 14.6 Å². The maximum absolute atomic E-state index is 13.7. The van der Waals surface area contributed by atoms with Crippen LogP contribution < -0.4 is 4.74 Å². The minimum Gasteiger partial charge on any atom is -0.491 e. The second kappa shape index (κ2) is 17.3. The Morgan fingerprint density at radius 2 is 1.16 bits per heavy atom. The number of aliphatic hydroxyl groups is 1. The lowest BCUT2D eigenvalue weighted by molar-refractivity contribution is -0.564. The van der Waals surface area contributed by atoms with E-state index in [1.165, 1.54) is 37.8 Å². The number of aliphatic hydroxyl groups excluding tert-OH is 1. The van der Waals surface area contributed by atoms with E-state index in [0.29, 0.717) is 11.4 Å². The predicted molar refractivity (Wildman–Crippen MR) is 141 cm³/mol. The highest BCUT2D eigenvalue weighted by Gasteiger charge is 2.74. The van der Waals surface area contributed by atoms with Gasteiger partial charge in [0, 0.05) is 18.0 Å². The van der Waals surface area contributed by atoms with Gasteiger partial charge in [-0.25, -0.2) is 24.2 Å². The Morgan fingerprint density at radius 3 is 1.71 bits per heavy atom. The van der Waals surface area contributed by atoms with Crippen LogP contribution in [0.25, 0.3) is 11.4 Å². The lowest BCUT2D eigenvalue weighted by Crippen LogP contribution is -2.57. The van der Waals surface area contributed by atoms with Gasteiger partial charge in [-0.3, -0.25) is 0 Å². The van der Waals surface area contributed by atoms with Crippen LogP contribution in [0.15, 0.2) is 36.7 Å². The summed E-state index contributed by atoms with van der Waals surface area (Å²) < 4.78 is 184. The van der Waals surface area contributed by atoms with Gasteiger partial charge in [-0.05, 0) is 42.7 Å². The van der Waals surface area contributed by atoms with Gasteiger partial charge in [-0.2, -0.15) is 43.9 Å². The molecule has 0 aliphatic heterocycles. The molecule has 0 aliphatic rings. The lowest BCUT2D eigenvalue weighted by atomic mass is 10.1. The molecule has 2 rings (SSSR count). The Hall–Kier alpha value is -3.01. The summed E-state index contributed by atoms with van der Waals surface area (Å²) in [5, 5.41) is 9.84. The zero-order valence-electron chi connectivity index (χ0n) is 25.4. The average molecular weight is 739 g/mol. The zero-order chi connectivity index (χ0) is 37.2. The van der Waals surface area contributed by atoms with Gasteiger partial charge in [0.2, 0.25) is 0 Å². The van der Waals surface area contributed by atoms with Crippen LogP contribution in [-0.2, 0) is 25.4 Å². The maximum atomic E-state index is 13.7. The largest absolute Gasteiger partial charge is 0.527 e. The molecule has 280 valence electrons. The van der Waals surface area contributed by atoms with E-state index in [1.807, 2.05) is 0 Å². The van der Waals surface area contributed by atoms with Crippen molar-refractivity contribution in [3.05, 3.63) is 42.2 Å². The molecule has 1 aromatic carbocycles. The van der Waals surface area contributed by atoms with Gasteiger partial charge in [0.25, 0.3) is 0 Å². The fourth-order valence-electron chi connectivity index (χ4n) is 3.76. The molecule has 0 amide bonds. The van der Waals surface area contributed by atoms with Gasteiger partial charge in [-0.1, -0.05) is 39.0 Å². The molecule has 0 spiro atoms. The highest BCUT2D eigenvalue weighted by Crippen LogP contribution is 2.48. The Bertz CT molecular complexity index is 1270. The number of ether oxygens (including phenoxy) is 5. The summed E-state index contributed by atoms with van der Waals surface area (Å²) >= 11 is 0. The third-order valence-corrected chi connectivity index (χ3v) is 6.11. The summed E-state index contributed by atoms with van der Waals surface area (Å²) in [4.78, 5) is 8.65. The quantitative estimate of drug-likeness (QED) is 0.0953. The van der Waals surface area contributed by atoms with Crippen molar-refractivity contribution in [1.29, 1.82) is 0 Å². The van der Waals surface area contributed by atoms with Crippen molar-refractivity contribution in [3.8, 4) is 17.1 Å². The molecule has 8 nitrogen and oxygen atoms in total. The second-order valence-electron chi connectivity index (χ2n) is 10.4. The molecule has 2 aromatic rings. The number of halogens is 13. The molecule has 0 fully saturated rings. The summed E-state index contributed by atoms with van der Waals surface area (Å²) in [5.74, 6) is 0.563. The van der Waals surface area contributed by atoms with Crippen LogP contribution in [0.4, 0.5) is 57.1 Å². The minimum atomic E-state index is -7.14. The molecule has 0 radical (unpaired) electrons. The molecule has 0 saturated heterocycles. The molecule has 0 unspecified atom stereocenters. The van der Waals surface area contributed by atoms with Crippen LogP contribution >= 0.6 is 0 Å². The smallest absolute Gasteiger partial charge is 0.491 e. The Balaban J connectivity index is 1.81. The van der Waals surface area contributed by atoms with E-state index in [0.717, 1.165) is 24.8 Å². The van der Waals surface area contributed by atoms with Crippen molar-refractivity contribution in [3.63, 3.8) is 0 Å². The minimum absolute atomic E-state index is 0.154. The third kappa shape index (κ3) is 14.0. The van der Waals surface area contributed by atoms with E-state index < -0.39 is 62.8 Å². The molecule has 21 heteroatoms. The molecule has 49 heavy (non-hydrogen) atoms. The van der Waals surface area contributed by atoms with Crippen LogP contribution in [0.5, 0.6) is 5.75 Å². The molecule has 1 N–H and O–H groups in total. The standard InChI is InChI=1S/C28H31F13N2O6/c1-2-3-4-5-6-7-8-18-13-42-22(43-14-18)19-9-11-21(12-10-19)46-16-20(44)15-45-17-23(29,30)47-24(31,32)25(33,34)48-26(35,36)27(37,38)49-28(39,40)41/h9-14,20,44H,2-8,15-17H2,1H3/t20-/m0/s1. The van der Waals surface area contributed by atoms with Crippen molar-refractivity contribution < 1.29 is 85.9 Å². The summed E-state index contributed by atoms with van der Waals surface area (Å²) in [5.41, 5.74) is 1.58. The maximum Gasteiger partial charge on any atom is 0.527 e. The van der Waals surface area contributed by atoms with Gasteiger partial charge in [-0.15, -0.1) is 13.2 Å². The van der Waals surface area contributed by atoms with Crippen molar-refractivity contribution in [2.75, 3.05) is 19.8 Å². The van der Waals surface area contributed by atoms with Crippen LogP contribution in [0.3, 0.4) is 0 Å². The monoisotopic (exact) mass is 738 g/mol. The normalized spacial score (nSPS) is 14.3. The molecule has 1 atom stereocenters. The van der Waals surface area contributed by atoms with Crippen molar-refractivity contribution in [2.45, 2.75) is 94.9 Å². The predicted octanol–water partition coefficient (Wildman–Crippen LogP) is 8.34. The first-order valence-corrected chi connectivity index (χ1v) is 14.4. The van der Waals surface area contributed by atoms with Crippen molar-refractivity contribution >= 4 is 0 Å². The van der Waals surface area contributed by atoms with E-state index in [4.69, 9.17) is 4.74 Å². The zero-order valence-corrected chi connectivity index (χ0v) is 25.4. The fraction of sp³-hybridized carbons (Fsp3) is 0.643. The van der Waals surface area contributed by atoms with E-state index in [1.54, 1.807) is 34.0 Å². The SMILES string of the molecule is CCCCCCCCc1cnc(-c2ccc(OC[C@@H](O)COCC(F)(F)OC(F)(F)C(F)(F)OC(F)(F)C(F)(F)OC(F)(F)F)cc2)nc1. The van der Waals surface area contributed by atoms with Crippen LogP contribution in [-0.4, -0.2) is 77.9 Å². The number of hydrogen-bond acceptors (Lipinski definition) is 8. The molecule has 0 aliphatic carbocycles. The molecular formula is C28H31F13N2O6. The summed E-state index contributed by atoms with van der Waals surface area (Å²) in [6.07, 6.45) is -30.8. The number of benzene rings is 1. The third-order valence-electron chi connectivity index (χ3n) is 6.11. The second-order valence-corrected chi connectivity index (χ2v) is 10.4. The molecule has 1 aromatic heterocycles. The molecule has 0 bridgehead atoms. The summed E-state index contributed by atoms with van der Waals surface area (Å²) in [7, 11) is 0. The number of rotatable bonds is 22. The number of aryl methyl sites for hydroxylation is 1.